The minimum atomic E-state index is -0.599. The molecule has 1 atom stereocenters. The Bertz CT molecular complexity index is 2480. The molecule has 4 saturated heterocycles. The lowest BCUT2D eigenvalue weighted by atomic mass is 9.71. The van der Waals surface area contributed by atoms with Crippen molar-refractivity contribution in [2.75, 3.05) is 74.6 Å². The van der Waals surface area contributed by atoms with Crippen molar-refractivity contribution in [1.29, 1.82) is 0 Å². The third-order valence-corrected chi connectivity index (χ3v) is 13.9. The zero-order valence-corrected chi connectivity index (χ0v) is 36.3. The van der Waals surface area contributed by atoms with Gasteiger partial charge < -0.3 is 39.5 Å². The molecule has 4 amide bonds. The fourth-order valence-corrected chi connectivity index (χ4v) is 10.2. The lowest BCUT2D eigenvalue weighted by Gasteiger charge is -2.55. The van der Waals surface area contributed by atoms with Gasteiger partial charge in [0.15, 0.2) is 12.4 Å². The van der Waals surface area contributed by atoms with E-state index in [1.807, 2.05) is 50.2 Å². The summed E-state index contributed by atoms with van der Waals surface area (Å²) in [5.41, 5.74) is 5.08. The van der Waals surface area contributed by atoms with Gasteiger partial charge in [0.05, 0.1) is 22.4 Å². The molecular weight excluding hydrogens is 810 g/mol. The van der Waals surface area contributed by atoms with Gasteiger partial charge in [0.2, 0.25) is 11.8 Å². The van der Waals surface area contributed by atoms with Crippen LogP contribution in [0, 0.1) is 11.3 Å². The Kier molecular flexibility index (Phi) is 11.4. The molecule has 9 rings (SSSR count). The van der Waals surface area contributed by atoms with Crippen molar-refractivity contribution in [3.05, 3.63) is 81.2 Å². The molecule has 4 fully saturated rings. The fourth-order valence-electron chi connectivity index (χ4n) is 10.0. The first-order chi connectivity index (χ1) is 29.9. The van der Waals surface area contributed by atoms with E-state index in [0.29, 0.717) is 34.9 Å². The largest absolute Gasteiger partial charge is 0.478 e. The predicted octanol–water partition coefficient (Wildman–Crippen LogP) is 5.08. The lowest BCUT2D eigenvalue weighted by Crippen LogP contribution is -2.60. The molecule has 1 spiro atoms. The molecule has 2 aromatic carbocycles. The van der Waals surface area contributed by atoms with E-state index in [0.717, 1.165) is 98.0 Å². The number of likely N-dealkylation sites (tertiary alicyclic amines) is 1. The molecule has 2 aromatic heterocycles. The first-order valence-electron chi connectivity index (χ1n) is 21.8. The normalized spacial score (nSPS) is 20.4. The monoisotopic (exact) mass is 863 g/mol. The number of imide groups is 1. The van der Waals surface area contributed by atoms with E-state index >= 15 is 0 Å². The number of anilines is 4. The van der Waals surface area contributed by atoms with Gasteiger partial charge in [-0.05, 0) is 113 Å². The number of hydrogen-bond donors (Lipinski definition) is 3. The first kappa shape index (κ1) is 41.7. The molecule has 326 valence electrons. The number of benzene rings is 2. The van der Waals surface area contributed by atoms with Crippen molar-refractivity contribution in [3.8, 4) is 5.75 Å². The van der Waals surface area contributed by atoms with E-state index in [4.69, 9.17) is 21.3 Å². The van der Waals surface area contributed by atoms with Crippen LogP contribution in [0.3, 0.4) is 0 Å². The summed E-state index contributed by atoms with van der Waals surface area (Å²) < 4.78 is 7.31. The molecule has 15 nitrogen and oxygen atoms in total. The van der Waals surface area contributed by atoms with Gasteiger partial charge >= 0.3 is 0 Å². The van der Waals surface area contributed by atoms with Gasteiger partial charge in [0.25, 0.3) is 17.4 Å². The van der Waals surface area contributed by atoms with E-state index in [1.165, 1.54) is 19.9 Å². The molecule has 16 heteroatoms. The summed E-state index contributed by atoms with van der Waals surface area (Å²) in [6.07, 6.45) is 6.87. The van der Waals surface area contributed by atoms with Crippen LogP contribution in [0.4, 0.5) is 22.9 Å². The zero-order chi connectivity index (χ0) is 43.3. The predicted molar refractivity (Wildman–Crippen MR) is 238 cm³/mol. The third-order valence-electron chi connectivity index (χ3n) is 13.6. The lowest BCUT2D eigenvalue weighted by molar-refractivity contribution is -0.137. The Balaban J connectivity index is 0.759. The molecule has 62 heavy (non-hydrogen) atoms. The molecular formula is C46H54ClN9O6. The van der Waals surface area contributed by atoms with Crippen molar-refractivity contribution in [2.45, 2.75) is 71.0 Å². The van der Waals surface area contributed by atoms with Gasteiger partial charge in [0.1, 0.15) is 11.9 Å². The number of hydrogen-bond acceptors (Lipinski definition) is 11. The SMILES string of the molecule is CNC(=O)COc1cc2cc(Nc3cc(N4CCC(CN5CCC6(CC5)CN(c5ccc7c(c5)CN(C5CCC(=O)NC5=O)C7=O)C6)CC4)ncc3Cl)ccc2n(C(C)C)c1=O. The Labute approximate surface area is 365 Å². The standard InChI is InChI=1S/C46H54ClN9O6/c1-28(2)56-37-7-4-32(18-30(37)20-39(45(56)61)62-25-42(58)48-3)50-36-21-40(49-22-35(36)47)53-14-10-29(11-15-53)23-52-16-12-46(13-17-52)26-54(27-46)33-5-6-34-31(19-33)24-55(44(34)60)38-8-9-41(57)51-43(38)59/h4-7,18-22,28-29,38H,8-17,23-27H2,1-3H3,(H,48,58)(H,49,50)(H,51,57,59). The molecule has 4 aromatic rings. The Morgan fingerprint density at radius 3 is 2.47 bits per heavy atom. The van der Waals surface area contributed by atoms with Crippen LogP contribution in [0.5, 0.6) is 5.75 Å². The highest BCUT2D eigenvalue weighted by Crippen LogP contribution is 2.44. The zero-order valence-electron chi connectivity index (χ0n) is 35.5. The second-order valence-electron chi connectivity index (χ2n) is 18.0. The third kappa shape index (κ3) is 8.19. The summed E-state index contributed by atoms with van der Waals surface area (Å²) in [5, 5.41) is 9.66. The number of ether oxygens (including phenoxy) is 1. The molecule has 0 aliphatic carbocycles. The van der Waals surface area contributed by atoms with Crippen molar-refractivity contribution in [3.63, 3.8) is 0 Å². The number of piperidine rings is 3. The van der Waals surface area contributed by atoms with Crippen LogP contribution < -0.4 is 36.0 Å². The van der Waals surface area contributed by atoms with Gasteiger partial charge in [-0.1, -0.05) is 11.6 Å². The van der Waals surface area contributed by atoms with Crippen molar-refractivity contribution in [1.82, 2.24) is 30.0 Å². The quantitative estimate of drug-likeness (QED) is 0.173. The molecule has 0 saturated carbocycles. The number of rotatable bonds is 11. The second kappa shape index (κ2) is 16.9. The molecule has 1 unspecified atom stereocenters. The van der Waals surface area contributed by atoms with Crippen LogP contribution >= 0.6 is 11.6 Å². The number of pyridine rings is 2. The number of likely N-dealkylation sites (N-methyl/N-ethyl adjacent to an activating group) is 1. The minimum absolute atomic E-state index is 0.117. The Morgan fingerprint density at radius 2 is 1.74 bits per heavy atom. The number of amides is 4. The van der Waals surface area contributed by atoms with E-state index in [-0.39, 0.29) is 54.0 Å². The van der Waals surface area contributed by atoms with E-state index in [2.05, 4.69) is 36.7 Å². The molecule has 5 aliphatic heterocycles. The maximum Gasteiger partial charge on any atom is 0.293 e. The topological polar surface area (TPSA) is 161 Å². The van der Waals surface area contributed by atoms with Crippen LogP contribution in [0.25, 0.3) is 10.9 Å². The minimum Gasteiger partial charge on any atom is -0.478 e. The highest BCUT2D eigenvalue weighted by atomic mass is 35.5. The number of nitrogens with zero attached hydrogens (tertiary/aromatic N) is 6. The van der Waals surface area contributed by atoms with E-state index in [1.54, 1.807) is 21.7 Å². The summed E-state index contributed by atoms with van der Waals surface area (Å²) in [6.45, 7) is 11.2. The summed E-state index contributed by atoms with van der Waals surface area (Å²) in [4.78, 5) is 76.2. The fraction of sp³-hybridized carbons (Fsp3) is 0.478. The van der Waals surface area contributed by atoms with Crippen molar-refractivity contribution < 1.29 is 23.9 Å². The molecule has 3 N–H and O–H groups in total. The van der Waals surface area contributed by atoms with Gasteiger partial charge in [-0.15, -0.1) is 0 Å². The number of aromatic nitrogens is 2. The van der Waals surface area contributed by atoms with E-state index in [9.17, 15) is 24.0 Å². The van der Waals surface area contributed by atoms with Gasteiger partial charge in [-0.25, -0.2) is 4.98 Å². The summed E-state index contributed by atoms with van der Waals surface area (Å²) in [5.74, 6) is 0.515. The number of nitrogens with one attached hydrogen (secondary N) is 3. The van der Waals surface area contributed by atoms with Crippen LogP contribution in [0.1, 0.15) is 74.3 Å². The molecule has 0 bridgehead atoms. The number of carbonyl (C=O) groups excluding carboxylic acids is 4. The number of halogens is 1. The Hall–Kier alpha value is -5.67. The molecule has 0 radical (unpaired) electrons. The summed E-state index contributed by atoms with van der Waals surface area (Å²) in [6, 6.07) is 14.8. The van der Waals surface area contributed by atoms with Gasteiger partial charge in [0, 0.05) is 92.6 Å². The Morgan fingerprint density at radius 1 is 0.968 bits per heavy atom. The highest BCUT2D eigenvalue weighted by Gasteiger charge is 2.46. The molecule has 5 aliphatic rings. The number of carbonyl (C=O) groups is 4. The van der Waals surface area contributed by atoms with Crippen molar-refractivity contribution >= 4 is 69.0 Å². The van der Waals surface area contributed by atoms with Gasteiger partial charge in [-0.3, -0.25) is 29.3 Å². The maximum atomic E-state index is 13.3. The van der Waals surface area contributed by atoms with Gasteiger partial charge in [-0.2, -0.15) is 0 Å². The average molecular weight is 864 g/mol. The second-order valence-corrected chi connectivity index (χ2v) is 18.4. The summed E-state index contributed by atoms with van der Waals surface area (Å²) >= 11 is 6.68. The summed E-state index contributed by atoms with van der Waals surface area (Å²) in [7, 11) is 1.52. The number of fused-ring (bicyclic) bond motifs is 2. The highest BCUT2D eigenvalue weighted by molar-refractivity contribution is 6.33. The van der Waals surface area contributed by atoms with Crippen LogP contribution in [-0.4, -0.2) is 108 Å². The van der Waals surface area contributed by atoms with Crippen LogP contribution in [-0.2, 0) is 20.9 Å². The van der Waals surface area contributed by atoms with Crippen molar-refractivity contribution in [2.24, 2.45) is 11.3 Å². The van der Waals surface area contributed by atoms with Crippen LogP contribution in [0.2, 0.25) is 5.02 Å². The smallest absolute Gasteiger partial charge is 0.293 e. The van der Waals surface area contributed by atoms with Crippen LogP contribution in [0.15, 0.2) is 59.5 Å². The first-order valence-corrected chi connectivity index (χ1v) is 22.2. The molecule has 7 heterocycles. The maximum absolute atomic E-state index is 13.3. The average Bonchev–Trinajstić information content (AvgIpc) is 3.57. The van der Waals surface area contributed by atoms with E-state index < -0.39 is 6.04 Å².